The molecule has 0 aliphatic heterocycles. The normalized spacial score (nSPS) is 12.0. The first-order valence-corrected chi connectivity index (χ1v) is 5.65. The predicted molar refractivity (Wildman–Crippen MR) is 67.9 cm³/mol. The minimum atomic E-state index is 0.212. The highest BCUT2D eigenvalue weighted by atomic mass is 79.9. The molecular weight excluding hydrogens is 254 g/mol. The van der Waals surface area contributed by atoms with Crippen molar-refractivity contribution in [3.8, 4) is 0 Å². The van der Waals surface area contributed by atoms with Gasteiger partial charge in [-0.05, 0) is 42.3 Å². The van der Waals surface area contributed by atoms with Crippen LogP contribution < -0.4 is 11.3 Å². The summed E-state index contributed by atoms with van der Waals surface area (Å²) in [5, 5.41) is 0. The van der Waals surface area contributed by atoms with Gasteiger partial charge in [0.1, 0.15) is 5.84 Å². The molecule has 0 spiro atoms. The molecule has 0 atom stereocenters. The Morgan fingerprint density at radius 2 is 2.13 bits per heavy atom. The van der Waals surface area contributed by atoms with Crippen molar-refractivity contribution in [2.75, 3.05) is 0 Å². The fourth-order valence-corrected chi connectivity index (χ4v) is 1.73. The Kier molecular flexibility index (Phi) is 4.29. The van der Waals surface area contributed by atoms with Crippen molar-refractivity contribution < 1.29 is 0 Å². The summed E-state index contributed by atoms with van der Waals surface area (Å²) in [4.78, 5) is 4.42. The predicted octanol–water partition coefficient (Wildman–Crippen LogP) is 2.38. The van der Waals surface area contributed by atoms with E-state index in [9.17, 15) is 0 Å². The summed E-state index contributed by atoms with van der Waals surface area (Å²) >= 11 is 3.54. The molecule has 15 heavy (non-hydrogen) atoms. The molecule has 0 unspecified atom stereocenters. The van der Waals surface area contributed by atoms with E-state index in [4.69, 9.17) is 5.84 Å². The summed E-state index contributed by atoms with van der Waals surface area (Å²) in [6.45, 7) is 6.07. The van der Waals surface area contributed by atoms with E-state index in [0.717, 1.165) is 10.0 Å². The lowest BCUT2D eigenvalue weighted by atomic mass is 10.1. The van der Waals surface area contributed by atoms with Crippen LogP contribution in [0.2, 0.25) is 0 Å². The molecule has 0 bridgehead atoms. The van der Waals surface area contributed by atoms with E-state index in [1.165, 1.54) is 5.56 Å². The van der Waals surface area contributed by atoms with Crippen molar-refractivity contribution in [1.82, 2.24) is 5.43 Å². The van der Waals surface area contributed by atoms with Crippen LogP contribution in [0.25, 0.3) is 0 Å². The molecule has 0 aromatic heterocycles. The number of hydrazine groups is 1. The third kappa shape index (κ3) is 3.04. The van der Waals surface area contributed by atoms with Gasteiger partial charge in [0.15, 0.2) is 0 Å². The zero-order valence-corrected chi connectivity index (χ0v) is 10.8. The molecule has 0 heterocycles. The second-order valence-corrected chi connectivity index (χ2v) is 4.45. The van der Waals surface area contributed by atoms with Crippen LogP contribution in [0.15, 0.2) is 27.7 Å². The monoisotopic (exact) mass is 269 g/mol. The first-order chi connectivity index (χ1) is 7.06. The van der Waals surface area contributed by atoms with Crippen molar-refractivity contribution >= 4 is 21.8 Å². The molecule has 4 heteroatoms. The van der Waals surface area contributed by atoms with Crippen molar-refractivity contribution in [1.29, 1.82) is 0 Å². The first-order valence-electron chi connectivity index (χ1n) is 4.86. The molecule has 0 saturated heterocycles. The molecule has 0 amide bonds. The first kappa shape index (κ1) is 12.2. The van der Waals surface area contributed by atoms with E-state index in [0.29, 0.717) is 5.84 Å². The quantitative estimate of drug-likeness (QED) is 0.375. The number of nitrogens with two attached hydrogens (primary N) is 1. The van der Waals surface area contributed by atoms with Gasteiger partial charge in [-0.3, -0.25) is 4.99 Å². The summed E-state index contributed by atoms with van der Waals surface area (Å²) in [5.41, 5.74) is 4.80. The largest absolute Gasteiger partial charge is 0.308 e. The average Bonchev–Trinajstić information content (AvgIpc) is 2.19. The summed E-state index contributed by atoms with van der Waals surface area (Å²) in [5.74, 6) is 6.18. The van der Waals surface area contributed by atoms with Crippen LogP contribution in [0.1, 0.15) is 25.0 Å². The Bertz CT molecular complexity index is 372. The number of benzene rings is 1. The minimum Gasteiger partial charge on any atom is -0.308 e. The van der Waals surface area contributed by atoms with Gasteiger partial charge in [0.2, 0.25) is 0 Å². The lowest BCUT2D eigenvalue weighted by molar-refractivity contribution is 0.820. The number of aliphatic imine (C=N–C) groups is 1. The third-order valence-electron chi connectivity index (χ3n) is 1.97. The molecule has 0 fully saturated rings. The summed E-state index contributed by atoms with van der Waals surface area (Å²) < 4.78 is 1.03. The van der Waals surface area contributed by atoms with Crippen LogP contribution in [-0.4, -0.2) is 11.9 Å². The summed E-state index contributed by atoms with van der Waals surface area (Å²) in [6, 6.07) is 6.22. The number of amidine groups is 1. The number of hydrogen-bond acceptors (Lipinski definition) is 2. The molecule has 1 aromatic carbocycles. The van der Waals surface area contributed by atoms with Crippen LogP contribution in [0, 0.1) is 6.92 Å². The van der Waals surface area contributed by atoms with E-state index in [1.54, 1.807) is 0 Å². The fourth-order valence-electron chi connectivity index (χ4n) is 1.27. The highest BCUT2D eigenvalue weighted by molar-refractivity contribution is 9.10. The average molecular weight is 270 g/mol. The Morgan fingerprint density at radius 3 is 2.67 bits per heavy atom. The second kappa shape index (κ2) is 5.28. The van der Waals surface area contributed by atoms with Gasteiger partial charge < -0.3 is 5.43 Å². The van der Waals surface area contributed by atoms with E-state index < -0.39 is 0 Å². The van der Waals surface area contributed by atoms with E-state index in [1.807, 2.05) is 39.0 Å². The maximum atomic E-state index is 5.47. The van der Waals surface area contributed by atoms with Gasteiger partial charge in [0.25, 0.3) is 0 Å². The lowest BCUT2D eigenvalue weighted by Crippen LogP contribution is -2.32. The van der Waals surface area contributed by atoms with Crippen molar-refractivity contribution in [2.24, 2.45) is 10.8 Å². The molecule has 0 aliphatic carbocycles. The Morgan fingerprint density at radius 1 is 1.47 bits per heavy atom. The maximum absolute atomic E-state index is 5.47. The van der Waals surface area contributed by atoms with Gasteiger partial charge >= 0.3 is 0 Å². The smallest absolute Gasteiger partial charge is 0.143 e. The third-order valence-corrected chi connectivity index (χ3v) is 3.02. The number of hydrogen-bond donors (Lipinski definition) is 2. The van der Waals surface area contributed by atoms with Gasteiger partial charge in [-0.25, -0.2) is 5.84 Å². The zero-order chi connectivity index (χ0) is 11.4. The highest BCUT2D eigenvalue weighted by Crippen LogP contribution is 2.21. The molecule has 0 saturated carbocycles. The van der Waals surface area contributed by atoms with Gasteiger partial charge in [-0.1, -0.05) is 18.2 Å². The number of halogens is 1. The van der Waals surface area contributed by atoms with Gasteiger partial charge in [-0.2, -0.15) is 0 Å². The van der Waals surface area contributed by atoms with E-state index in [-0.39, 0.29) is 6.04 Å². The Hall–Kier alpha value is -0.870. The number of nitrogens with one attached hydrogen (secondary N) is 1. The van der Waals surface area contributed by atoms with Crippen molar-refractivity contribution in [3.05, 3.63) is 33.8 Å². The molecule has 82 valence electrons. The second-order valence-electron chi connectivity index (χ2n) is 3.65. The van der Waals surface area contributed by atoms with Gasteiger partial charge in [-0.15, -0.1) is 0 Å². The van der Waals surface area contributed by atoms with Crippen LogP contribution in [-0.2, 0) is 0 Å². The molecule has 0 radical (unpaired) electrons. The van der Waals surface area contributed by atoms with Crippen LogP contribution in [0.5, 0.6) is 0 Å². The Balaban J connectivity index is 3.19. The van der Waals surface area contributed by atoms with Gasteiger partial charge in [0.05, 0.1) is 0 Å². The SMILES string of the molecule is Cc1cccc(C(=NC(C)C)NN)c1Br. The van der Waals surface area contributed by atoms with Crippen LogP contribution >= 0.6 is 15.9 Å². The zero-order valence-electron chi connectivity index (χ0n) is 9.21. The maximum Gasteiger partial charge on any atom is 0.143 e. The summed E-state index contributed by atoms with van der Waals surface area (Å²) in [7, 11) is 0. The highest BCUT2D eigenvalue weighted by Gasteiger charge is 2.08. The van der Waals surface area contributed by atoms with E-state index in [2.05, 4.69) is 26.3 Å². The van der Waals surface area contributed by atoms with Gasteiger partial charge in [0, 0.05) is 16.1 Å². The van der Waals surface area contributed by atoms with Crippen molar-refractivity contribution in [3.63, 3.8) is 0 Å². The number of rotatable bonds is 2. The molecule has 3 N–H and O–H groups in total. The number of aryl methyl sites for hydroxylation is 1. The lowest BCUT2D eigenvalue weighted by Gasteiger charge is -2.11. The molecule has 3 nitrogen and oxygen atoms in total. The summed E-state index contributed by atoms with van der Waals surface area (Å²) in [6.07, 6.45) is 0. The standard InChI is InChI=1S/C11H16BrN3/c1-7(2)14-11(15-13)9-6-4-5-8(3)10(9)12/h4-7H,13H2,1-3H3,(H,14,15). The fraction of sp³-hybridized carbons (Fsp3) is 0.364. The van der Waals surface area contributed by atoms with E-state index >= 15 is 0 Å². The topological polar surface area (TPSA) is 50.4 Å². The molecule has 0 aliphatic rings. The number of nitrogens with zero attached hydrogens (tertiary/aromatic N) is 1. The van der Waals surface area contributed by atoms with Crippen molar-refractivity contribution in [2.45, 2.75) is 26.8 Å². The van der Waals surface area contributed by atoms with Crippen LogP contribution in [0.3, 0.4) is 0 Å². The molecular formula is C11H16BrN3. The Labute approximate surface area is 98.9 Å². The molecule has 1 rings (SSSR count). The molecule has 1 aromatic rings. The minimum absolute atomic E-state index is 0.212. The van der Waals surface area contributed by atoms with Crippen LogP contribution in [0.4, 0.5) is 0 Å².